The molecule has 0 amide bonds. The predicted octanol–water partition coefficient (Wildman–Crippen LogP) is 1.04. The summed E-state index contributed by atoms with van der Waals surface area (Å²) in [5.74, 6) is 0.450. The second kappa shape index (κ2) is 3.95. The maximum atomic E-state index is 8.23. The lowest BCUT2D eigenvalue weighted by atomic mass is 10.1. The van der Waals surface area contributed by atoms with E-state index in [-0.39, 0.29) is 0 Å². The largest absolute Gasteiger partial charge is 0.340 e. The molecular formula is C8H11NO2. The summed E-state index contributed by atoms with van der Waals surface area (Å²) < 4.78 is 0. The molecule has 3 N–H and O–H groups in total. The predicted molar refractivity (Wildman–Crippen MR) is 42.5 cm³/mol. The quantitative estimate of drug-likeness (QED) is 0.504. The van der Waals surface area contributed by atoms with Gasteiger partial charge in [0.1, 0.15) is 0 Å². The molecule has 1 aromatic carbocycles. The van der Waals surface area contributed by atoms with Crippen molar-refractivity contribution in [2.24, 2.45) is 5.73 Å². The Hall–Kier alpha value is -1.06. The molecule has 0 saturated carbocycles. The number of nitrogens with two attached hydrogens (primary N) is 1. The van der Waals surface area contributed by atoms with Gasteiger partial charge in [0, 0.05) is 0 Å². The van der Waals surface area contributed by atoms with Crippen LogP contribution in [0, 0.1) is 0 Å². The lowest BCUT2D eigenvalue weighted by molar-refractivity contribution is -0.137. The Balaban J connectivity index is 2.66. The van der Waals surface area contributed by atoms with Gasteiger partial charge in [-0.3, -0.25) is 0 Å². The van der Waals surface area contributed by atoms with Gasteiger partial charge in [0.2, 0.25) is 0 Å². The van der Waals surface area contributed by atoms with Gasteiger partial charge in [-0.1, -0.05) is 12.1 Å². The van der Waals surface area contributed by atoms with Crippen molar-refractivity contribution in [1.29, 1.82) is 0 Å². The minimum Gasteiger partial charge on any atom is -0.340 e. The summed E-state index contributed by atoms with van der Waals surface area (Å²) in [4.78, 5) is 4.02. The van der Waals surface area contributed by atoms with E-state index in [1.54, 1.807) is 12.1 Å². The molecule has 0 aliphatic carbocycles. The summed E-state index contributed by atoms with van der Waals surface area (Å²) >= 11 is 0. The molecule has 11 heavy (non-hydrogen) atoms. The molecule has 0 radical (unpaired) electrons. The zero-order valence-electron chi connectivity index (χ0n) is 6.16. The highest BCUT2D eigenvalue weighted by atomic mass is 17.1. The van der Waals surface area contributed by atoms with Crippen LogP contribution in [0.3, 0.4) is 0 Å². The molecule has 0 saturated heterocycles. The maximum absolute atomic E-state index is 8.23. The highest BCUT2D eigenvalue weighted by molar-refractivity contribution is 5.26. The fourth-order valence-corrected chi connectivity index (χ4v) is 0.884. The Morgan fingerprint density at radius 2 is 1.91 bits per heavy atom. The van der Waals surface area contributed by atoms with Gasteiger partial charge in [-0.05, 0) is 30.7 Å². The molecule has 3 nitrogen and oxygen atoms in total. The summed E-state index contributed by atoms with van der Waals surface area (Å²) in [6, 6.07) is 7.15. The van der Waals surface area contributed by atoms with Crippen molar-refractivity contribution in [3.63, 3.8) is 0 Å². The van der Waals surface area contributed by atoms with Crippen molar-refractivity contribution in [3.05, 3.63) is 29.8 Å². The molecular weight excluding hydrogens is 142 g/mol. The summed E-state index contributed by atoms with van der Waals surface area (Å²) in [5, 5.41) is 8.23. The van der Waals surface area contributed by atoms with E-state index in [4.69, 9.17) is 11.0 Å². The monoisotopic (exact) mass is 153 g/mol. The lowest BCUT2D eigenvalue weighted by Gasteiger charge is -1.98. The highest BCUT2D eigenvalue weighted by Gasteiger charge is 1.92. The van der Waals surface area contributed by atoms with Gasteiger partial charge in [-0.25, -0.2) is 5.26 Å². The SMILES string of the molecule is NCCc1ccc(OO)cc1. The third-order valence-corrected chi connectivity index (χ3v) is 1.46. The van der Waals surface area contributed by atoms with Crippen molar-refractivity contribution in [2.75, 3.05) is 6.54 Å². The van der Waals surface area contributed by atoms with Crippen molar-refractivity contribution in [3.8, 4) is 5.75 Å². The van der Waals surface area contributed by atoms with Gasteiger partial charge in [0.25, 0.3) is 0 Å². The van der Waals surface area contributed by atoms with Gasteiger partial charge >= 0.3 is 0 Å². The molecule has 3 heteroatoms. The summed E-state index contributed by atoms with van der Waals surface area (Å²) in [5.41, 5.74) is 6.50. The molecule has 0 heterocycles. The third-order valence-electron chi connectivity index (χ3n) is 1.46. The van der Waals surface area contributed by atoms with Gasteiger partial charge in [0.05, 0.1) is 0 Å². The molecule has 0 fully saturated rings. The zero-order valence-corrected chi connectivity index (χ0v) is 6.16. The Kier molecular flexibility index (Phi) is 2.89. The molecule has 0 aliphatic rings. The Labute approximate surface area is 65.3 Å². The van der Waals surface area contributed by atoms with Crippen LogP contribution in [0.1, 0.15) is 5.56 Å². The van der Waals surface area contributed by atoms with E-state index in [1.165, 1.54) is 0 Å². The van der Waals surface area contributed by atoms with E-state index in [9.17, 15) is 0 Å². The fraction of sp³-hybridized carbons (Fsp3) is 0.250. The van der Waals surface area contributed by atoms with Crippen molar-refractivity contribution in [2.45, 2.75) is 6.42 Å². The average Bonchev–Trinajstić information content (AvgIpc) is 2.07. The molecule has 0 unspecified atom stereocenters. The van der Waals surface area contributed by atoms with Gasteiger partial charge in [0.15, 0.2) is 5.75 Å². The van der Waals surface area contributed by atoms with Crippen LogP contribution in [-0.2, 0) is 6.42 Å². The molecule has 1 rings (SSSR count). The van der Waals surface area contributed by atoms with Crippen LogP contribution in [0.15, 0.2) is 24.3 Å². The van der Waals surface area contributed by atoms with Crippen LogP contribution >= 0.6 is 0 Å². The van der Waals surface area contributed by atoms with Crippen LogP contribution in [0.2, 0.25) is 0 Å². The molecule has 0 spiro atoms. The first-order valence-electron chi connectivity index (χ1n) is 3.47. The highest BCUT2D eigenvalue weighted by Crippen LogP contribution is 2.10. The first-order chi connectivity index (χ1) is 5.36. The summed E-state index contributed by atoms with van der Waals surface area (Å²) in [6.07, 6.45) is 0.853. The number of benzene rings is 1. The van der Waals surface area contributed by atoms with Crippen molar-refractivity contribution < 1.29 is 10.1 Å². The molecule has 0 atom stereocenters. The topological polar surface area (TPSA) is 55.5 Å². The van der Waals surface area contributed by atoms with E-state index in [0.29, 0.717) is 12.3 Å². The number of hydrogen-bond acceptors (Lipinski definition) is 3. The first-order valence-corrected chi connectivity index (χ1v) is 3.47. The van der Waals surface area contributed by atoms with Crippen LogP contribution in [0.5, 0.6) is 5.75 Å². The van der Waals surface area contributed by atoms with E-state index in [0.717, 1.165) is 12.0 Å². The first kappa shape index (κ1) is 8.04. The van der Waals surface area contributed by atoms with Crippen LogP contribution < -0.4 is 10.6 Å². The Morgan fingerprint density at radius 3 is 2.36 bits per heavy atom. The molecule has 1 aromatic rings. The minimum atomic E-state index is 0.450. The van der Waals surface area contributed by atoms with Crippen molar-refractivity contribution in [1.82, 2.24) is 0 Å². The van der Waals surface area contributed by atoms with Crippen LogP contribution in [0.4, 0.5) is 0 Å². The van der Waals surface area contributed by atoms with E-state index >= 15 is 0 Å². The van der Waals surface area contributed by atoms with Crippen molar-refractivity contribution >= 4 is 0 Å². The van der Waals surface area contributed by atoms with Gasteiger partial charge in [-0.2, -0.15) is 0 Å². The van der Waals surface area contributed by atoms with E-state index in [2.05, 4.69) is 4.89 Å². The Bertz CT molecular complexity index is 208. The van der Waals surface area contributed by atoms with Gasteiger partial charge in [-0.15, -0.1) is 0 Å². The summed E-state index contributed by atoms with van der Waals surface area (Å²) in [7, 11) is 0. The molecule has 0 aliphatic heterocycles. The fourth-order valence-electron chi connectivity index (χ4n) is 0.884. The van der Waals surface area contributed by atoms with Gasteiger partial charge < -0.3 is 10.6 Å². The van der Waals surface area contributed by atoms with Crippen LogP contribution in [0.25, 0.3) is 0 Å². The minimum absolute atomic E-state index is 0.450. The normalized spacial score (nSPS) is 9.64. The summed E-state index contributed by atoms with van der Waals surface area (Å²) in [6.45, 7) is 0.638. The molecule has 60 valence electrons. The number of rotatable bonds is 3. The van der Waals surface area contributed by atoms with E-state index in [1.807, 2.05) is 12.1 Å². The number of hydrogen-bond donors (Lipinski definition) is 2. The zero-order chi connectivity index (χ0) is 8.10. The maximum Gasteiger partial charge on any atom is 0.165 e. The Morgan fingerprint density at radius 1 is 1.27 bits per heavy atom. The third kappa shape index (κ3) is 2.22. The average molecular weight is 153 g/mol. The smallest absolute Gasteiger partial charge is 0.165 e. The second-order valence-electron chi connectivity index (χ2n) is 2.27. The molecule has 0 aromatic heterocycles. The molecule has 0 bridgehead atoms. The van der Waals surface area contributed by atoms with Crippen LogP contribution in [-0.4, -0.2) is 11.8 Å². The second-order valence-corrected chi connectivity index (χ2v) is 2.27. The van der Waals surface area contributed by atoms with E-state index < -0.39 is 0 Å². The lowest BCUT2D eigenvalue weighted by Crippen LogP contribution is -2.02. The standard InChI is InChI=1S/C8H11NO2/c9-6-5-7-1-3-8(11-10)4-2-7/h1-4,10H,5-6,9H2.